The van der Waals surface area contributed by atoms with Crippen molar-refractivity contribution in [2.45, 2.75) is 25.6 Å². The van der Waals surface area contributed by atoms with Gasteiger partial charge in [-0.3, -0.25) is 0 Å². The molecule has 0 aliphatic heterocycles. The Kier molecular flexibility index (Phi) is 5.78. The van der Waals surface area contributed by atoms with Crippen LogP contribution in [-0.4, -0.2) is 29.0 Å². The van der Waals surface area contributed by atoms with Crippen LogP contribution in [0.5, 0.6) is 0 Å². The molecule has 0 radical (unpaired) electrons. The largest absolute Gasteiger partial charge is 0.395 e. The quantitative estimate of drug-likeness (QED) is 0.669. The van der Waals surface area contributed by atoms with E-state index in [1.807, 2.05) is 0 Å². The molecular formula is C17H20ClNO2S. The minimum atomic E-state index is -0.565. The fraction of sp³-hybridized carbons (Fsp3) is 0.294. The molecule has 22 heavy (non-hydrogen) atoms. The van der Waals surface area contributed by atoms with Gasteiger partial charge in [-0.1, -0.05) is 30.3 Å². The summed E-state index contributed by atoms with van der Waals surface area (Å²) in [4.78, 5) is 1.21. The van der Waals surface area contributed by atoms with Crippen molar-refractivity contribution in [3.63, 3.8) is 0 Å². The highest BCUT2D eigenvalue weighted by atomic mass is 35.5. The standard InChI is InChI=1S/C17H19NO2S.ClH/c1-11(20)16(10-19)18-9-13-8-15-14-5-3-2-4-12(14)6-7-17(15)21-13;/h2-8,11,16,18-20H,9-10H2,1H3;1H. The summed E-state index contributed by atoms with van der Waals surface area (Å²) in [6.07, 6.45) is -0.565. The first-order valence-corrected chi connectivity index (χ1v) is 7.93. The molecule has 3 rings (SSSR count). The van der Waals surface area contributed by atoms with Crippen LogP contribution in [0.3, 0.4) is 0 Å². The fourth-order valence-corrected chi connectivity index (χ4v) is 3.58. The lowest BCUT2D eigenvalue weighted by molar-refractivity contribution is 0.103. The molecule has 0 aliphatic carbocycles. The van der Waals surface area contributed by atoms with Gasteiger partial charge in [0, 0.05) is 21.5 Å². The highest BCUT2D eigenvalue weighted by Gasteiger charge is 2.13. The lowest BCUT2D eigenvalue weighted by Gasteiger charge is -2.18. The third kappa shape index (κ3) is 3.42. The van der Waals surface area contributed by atoms with Crippen LogP contribution in [-0.2, 0) is 6.54 Å². The Hall–Kier alpha value is -1.17. The van der Waals surface area contributed by atoms with E-state index in [0.717, 1.165) is 0 Å². The summed E-state index contributed by atoms with van der Waals surface area (Å²) in [6, 6.07) is 14.6. The van der Waals surface area contributed by atoms with Gasteiger partial charge in [-0.05, 0) is 29.8 Å². The Morgan fingerprint density at radius 1 is 1.14 bits per heavy atom. The second-order valence-electron chi connectivity index (χ2n) is 5.32. The van der Waals surface area contributed by atoms with Crippen molar-refractivity contribution in [2.24, 2.45) is 0 Å². The average molecular weight is 338 g/mol. The number of hydrogen-bond acceptors (Lipinski definition) is 4. The van der Waals surface area contributed by atoms with Gasteiger partial charge in [0.05, 0.1) is 18.8 Å². The van der Waals surface area contributed by atoms with Crippen molar-refractivity contribution in [3.05, 3.63) is 47.3 Å². The van der Waals surface area contributed by atoms with Crippen molar-refractivity contribution >= 4 is 44.6 Å². The molecule has 0 bridgehead atoms. The van der Waals surface area contributed by atoms with Crippen LogP contribution in [0, 0.1) is 0 Å². The maximum atomic E-state index is 9.55. The highest BCUT2D eigenvalue weighted by Crippen LogP contribution is 2.32. The molecule has 5 heteroatoms. The first-order chi connectivity index (χ1) is 10.2. The summed E-state index contributed by atoms with van der Waals surface area (Å²) < 4.78 is 1.27. The molecule has 2 unspecified atom stereocenters. The number of hydrogen-bond donors (Lipinski definition) is 3. The Bertz CT molecular complexity index is 757. The molecule has 2 atom stereocenters. The zero-order chi connectivity index (χ0) is 14.8. The first kappa shape index (κ1) is 17.2. The predicted octanol–water partition coefficient (Wildman–Crippen LogP) is 3.31. The number of halogens is 1. The van der Waals surface area contributed by atoms with E-state index >= 15 is 0 Å². The van der Waals surface area contributed by atoms with Crippen LogP contribution in [0.15, 0.2) is 42.5 Å². The molecule has 1 aromatic heterocycles. The third-order valence-corrected chi connectivity index (χ3v) is 4.89. The van der Waals surface area contributed by atoms with Crippen molar-refractivity contribution in [3.8, 4) is 0 Å². The summed E-state index contributed by atoms with van der Waals surface area (Å²) >= 11 is 1.75. The molecule has 0 aliphatic rings. The number of thiophene rings is 1. The summed E-state index contributed by atoms with van der Waals surface area (Å²) in [5.74, 6) is 0. The highest BCUT2D eigenvalue weighted by molar-refractivity contribution is 7.19. The van der Waals surface area contributed by atoms with Gasteiger partial charge < -0.3 is 15.5 Å². The summed E-state index contributed by atoms with van der Waals surface area (Å²) in [6.45, 7) is 2.28. The van der Waals surface area contributed by atoms with Gasteiger partial charge in [0.15, 0.2) is 0 Å². The van der Waals surface area contributed by atoms with Gasteiger partial charge in [0.2, 0.25) is 0 Å². The van der Waals surface area contributed by atoms with Crippen LogP contribution in [0.25, 0.3) is 20.9 Å². The van der Waals surface area contributed by atoms with Gasteiger partial charge in [0.25, 0.3) is 0 Å². The van der Waals surface area contributed by atoms with Crippen LogP contribution >= 0.6 is 23.7 Å². The van der Waals surface area contributed by atoms with Crippen molar-refractivity contribution in [1.29, 1.82) is 0 Å². The Morgan fingerprint density at radius 3 is 2.64 bits per heavy atom. The maximum absolute atomic E-state index is 9.55. The van der Waals surface area contributed by atoms with E-state index in [0.29, 0.717) is 6.54 Å². The Balaban J connectivity index is 0.00000176. The van der Waals surface area contributed by atoms with Crippen LogP contribution in [0.1, 0.15) is 11.8 Å². The number of nitrogens with one attached hydrogen (secondary N) is 1. The number of aliphatic hydroxyl groups excluding tert-OH is 2. The van der Waals surface area contributed by atoms with Gasteiger partial charge in [0.1, 0.15) is 0 Å². The van der Waals surface area contributed by atoms with Crippen molar-refractivity contribution in [2.75, 3.05) is 6.61 Å². The molecule has 118 valence electrons. The lowest BCUT2D eigenvalue weighted by Crippen LogP contribution is -2.40. The average Bonchev–Trinajstić information content (AvgIpc) is 2.91. The number of benzene rings is 2. The molecule has 3 aromatic rings. The van der Waals surface area contributed by atoms with E-state index in [9.17, 15) is 10.2 Å². The first-order valence-electron chi connectivity index (χ1n) is 7.11. The molecule has 3 N–H and O–H groups in total. The number of rotatable bonds is 5. The van der Waals surface area contributed by atoms with Crippen LogP contribution in [0.2, 0.25) is 0 Å². The van der Waals surface area contributed by atoms with E-state index in [1.54, 1.807) is 18.3 Å². The lowest BCUT2D eigenvalue weighted by atomic mass is 10.1. The fourth-order valence-electron chi connectivity index (χ4n) is 2.55. The summed E-state index contributed by atoms with van der Waals surface area (Å²) in [5, 5.41) is 25.8. The molecule has 0 saturated carbocycles. The molecular weight excluding hydrogens is 318 g/mol. The molecule has 0 spiro atoms. The second-order valence-corrected chi connectivity index (χ2v) is 6.49. The normalized spacial score (nSPS) is 14.0. The van der Waals surface area contributed by atoms with E-state index in [4.69, 9.17) is 0 Å². The summed E-state index contributed by atoms with van der Waals surface area (Å²) in [5.41, 5.74) is 0. The Labute approximate surface area is 140 Å². The summed E-state index contributed by atoms with van der Waals surface area (Å²) in [7, 11) is 0. The number of aliphatic hydroxyl groups is 2. The predicted molar refractivity (Wildman–Crippen MR) is 96.0 cm³/mol. The maximum Gasteiger partial charge on any atom is 0.0687 e. The van der Waals surface area contributed by atoms with Gasteiger partial charge in [-0.15, -0.1) is 23.7 Å². The smallest absolute Gasteiger partial charge is 0.0687 e. The molecule has 0 fully saturated rings. The number of fused-ring (bicyclic) bond motifs is 3. The third-order valence-electron chi connectivity index (χ3n) is 3.79. The van der Waals surface area contributed by atoms with E-state index in [2.05, 4.69) is 47.8 Å². The van der Waals surface area contributed by atoms with E-state index < -0.39 is 6.10 Å². The Morgan fingerprint density at radius 2 is 1.91 bits per heavy atom. The minimum absolute atomic E-state index is 0. The van der Waals surface area contributed by atoms with Crippen molar-refractivity contribution < 1.29 is 10.2 Å². The monoisotopic (exact) mass is 337 g/mol. The SMILES string of the molecule is CC(O)C(CO)NCc1cc2c(ccc3ccccc32)s1.Cl. The molecule has 1 heterocycles. The topological polar surface area (TPSA) is 52.5 Å². The molecule has 0 amide bonds. The van der Waals surface area contributed by atoms with Crippen LogP contribution < -0.4 is 5.32 Å². The van der Waals surface area contributed by atoms with Gasteiger partial charge in [-0.25, -0.2) is 0 Å². The van der Waals surface area contributed by atoms with Gasteiger partial charge in [-0.2, -0.15) is 0 Å². The molecule has 3 nitrogen and oxygen atoms in total. The minimum Gasteiger partial charge on any atom is -0.395 e. The van der Waals surface area contributed by atoms with E-state index in [-0.39, 0.29) is 25.1 Å². The molecule has 0 saturated heterocycles. The zero-order valence-corrected chi connectivity index (χ0v) is 14.0. The molecule has 2 aromatic carbocycles. The van der Waals surface area contributed by atoms with Crippen molar-refractivity contribution in [1.82, 2.24) is 5.32 Å². The van der Waals surface area contributed by atoms with Gasteiger partial charge >= 0.3 is 0 Å². The zero-order valence-electron chi connectivity index (χ0n) is 12.3. The van der Waals surface area contributed by atoms with Crippen LogP contribution in [0.4, 0.5) is 0 Å². The van der Waals surface area contributed by atoms with E-state index in [1.165, 1.54) is 25.7 Å². The second kappa shape index (κ2) is 7.40.